The third-order valence-electron chi connectivity index (χ3n) is 3.01. The fourth-order valence-electron chi connectivity index (χ4n) is 2.22. The van der Waals surface area contributed by atoms with Crippen molar-refractivity contribution in [1.29, 1.82) is 0 Å². The molecule has 2 rings (SSSR count). The molecular formula is C12H17N3O. The lowest BCUT2D eigenvalue weighted by Gasteiger charge is -2.13. The lowest BCUT2D eigenvalue weighted by molar-refractivity contribution is -0.117. The number of rotatable bonds is 4. The van der Waals surface area contributed by atoms with Gasteiger partial charge in [0.25, 0.3) is 0 Å². The molecule has 0 fully saturated rings. The van der Waals surface area contributed by atoms with Crippen molar-refractivity contribution in [3.8, 4) is 0 Å². The Labute approximate surface area is 95.0 Å². The highest BCUT2D eigenvalue weighted by atomic mass is 16.1. The molecule has 4 nitrogen and oxygen atoms in total. The van der Waals surface area contributed by atoms with Gasteiger partial charge in [-0.25, -0.2) is 0 Å². The Bertz CT molecular complexity index is 403. The number of fused-ring (bicyclic) bond motifs is 1. The average molecular weight is 219 g/mol. The molecule has 1 aromatic rings. The van der Waals surface area contributed by atoms with Crippen LogP contribution in [0.25, 0.3) is 0 Å². The summed E-state index contributed by atoms with van der Waals surface area (Å²) in [5, 5.41) is 3.35. The van der Waals surface area contributed by atoms with Crippen LogP contribution >= 0.6 is 0 Å². The number of amides is 1. The molecule has 86 valence electrons. The molecule has 0 radical (unpaired) electrons. The number of carbonyl (C=O) groups is 1. The van der Waals surface area contributed by atoms with Gasteiger partial charge in [0.1, 0.15) is 0 Å². The molecule has 1 amide bonds. The molecule has 4 heteroatoms. The first-order chi connectivity index (χ1) is 7.66. The van der Waals surface area contributed by atoms with Gasteiger partial charge >= 0.3 is 0 Å². The second-order valence-electron chi connectivity index (χ2n) is 4.22. The van der Waals surface area contributed by atoms with E-state index in [-0.39, 0.29) is 5.91 Å². The molecular weight excluding hydrogens is 202 g/mol. The van der Waals surface area contributed by atoms with E-state index in [0.717, 1.165) is 18.5 Å². The van der Waals surface area contributed by atoms with E-state index in [4.69, 9.17) is 11.5 Å². The van der Waals surface area contributed by atoms with Crippen LogP contribution in [0.5, 0.6) is 0 Å². The number of aryl methyl sites for hydroxylation is 1. The van der Waals surface area contributed by atoms with Crippen molar-refractivity contribution >= 4 is 11.6 Å². The minimum absolute atomic E-state index is 0.261. The quantitative estimate of drug-likeness (QED) is 0.653. The van der Waals surface area contributed by atoms with Gasteiger partial charge in [0.15, 0.2) is 0 Å². The van der Waals surface area contributed by atoms with Crippen LogP contribution in [-0.2, 0) is 11.2 Å². The van der Waals surface area contributed by atoms with Gasteiger partial charge in [-0.2, -0.15) is 0 Å². The second kappa shape index (κ2) is 4.53. The van der Waals surface area contributed by atoms with Crippen molar-refractivity contribution < 1.29 is 4.79 Å². The molecule has 1 aliphatic carbocycles. The highest BCUT2D eigenvalue weighted by Gasteiger charge is 2.21. The van der Waals surface area contributed by atoms with Crippen LogP contribution in [0, 0.1) is 0 Å². The molecule has 16 heavy (non-hydrogen) atoms. The molecule has 0 aliphatic heterocycles. The zero-order chi connectivity index (χ0) is 11.5. The molecule has 0 saturated carbocycles. The Morgan fingerprint density at radius 1 is 1.50 bits per heavy atom. The number of anilines is 1. The van der Waals surface area contributed by atoms with Crippen LogP contribution in [0.2, 0.25) is 0 Å². The summed E-state index contributed by atoms with van der Waals surface area (Å²) >= 11 is 0. The first-order valence-corrected chi connectivity index (χ1v) is 5.57. The molecule has 5 N–H and O–H groups in total. The highest BCUT2D eigenvalue weighted by Crippen LogP contribution is 2.32. The van der Waals surface area contributed by atoms with Gasteiger partial charge in [0.05, 0.1) is 0 Å². The number of benzene rings is 1. The zero-order valence-corrected chi connectivity index (χ0v) is 9.20. The Balaban J connectivity index is 1.98. The number of hydrogen-bond acceptors (Lipinski definition) is 3. The van der Waals surface area contributed by atoms with Crippen LogP contribution in [0.3, 0.4) is 0 Å². The summed E-state index contributed by atoms with van der Waals surface area (Å²) in [5.74, 6) is -0.261. The van der Waals surface area contributed by atoms with E-state index in [1.807, 2.05) is 12.1 Å². The summed E-state index contributed by atoms with van der Waals surface area (Å²) in [6, 6.07) is 6.37. The fourth-order valence-corrected chi connectivity index (χ4v) is 2.22. The van der Waals surface area contributed by atoms with Crippen LogP contribution in [0.4, 0.5) is 5.69 Å². The summed E-state index contributed by atoms with van der Waals surface area (Å²) in [6.45, 7) is 0.643. The van der Waals surface area contributed by atoms with Crippen molar-refractivity contribution in [1.82, 2.24) is 5.32 Å². The summed E-state index contributed by atoms with van der Waals surface area (Å²) in [4.78, 5) is 10.6. The first kappa shape index (κ1) is 11.0. The van der Waals surface area contributed by atoms with Crippen LogP contribution in [0.15, 0.2) is 18.2 Å². The maximum absolute atomic E-state index is 10.6. The molecule has 1 atom stereocenters. The minimum atomic E-state index is -0.261. The highest BCUT2D eigenvalue weighted by molar-refractivity contribution is 5.73. The molecule has 0 saturated heterocycles. The van der Waals surface area contributed by atoms with Gasteiger partial charge in [-0.05, 0) is 36.1 Å². The standard InChI is InChI=1S/C12H17N3O/c13-9-2-3-10-8(7-9)1-4-11(10)15-6-5-12(14)16/h2-3,7,11,15H,1,4-6,13H2,(H2,14,16). The maximum Gasteiger partial charge on any atom is 0.218 e. The van der Waals surface area contributed by atoms with Gasteiger partial charge in [-0.15, -0.1) is 0 Å². The van der Waals surface area contributed by atoms with Crippen molar-refractivity contribution in [2.75, 3.05) is 12.3 Å². The van der Waals surface area contributed by atoms with Crippen LogP contribution in [0.1, 0.15) is 30.0 Å². The molecule has 0 heterocycles. The molecule has 0 spiro atoms. The minimum Gasteiger partial charge on any atom is -0.399 e. The van der Waals surface area contributed by atoms with Crippen LogP contribution < -0.4 is 16.8 Å². The van der Waals surface area contributed by atoms with Crippen molar-refractivity contribution in [3.63, 3.8) is 0 Å². The monoisotopic (exact) mass is 219 g/mol. The molecule has 1 aliphatic rings. The Kier molecular flexibility index (Phi) is 3.10. The Hall–Kier alpha value is -1.55. The van der Waals surface area contributed by atoms with Crippen molar-refractivity contribution in [2.45, 2.75) is 25.3 Å². The van der Waals surface area contributed by atoms with E-state index in [2.05, 4.69) is 11.4 Å². The summed E-state index contributed by atoms with van der Waals surface area (Å²) in [7, 11) is 0. The van der Waals surface area contributed by atoms with E-state index >= 15 is 0 Å². The average Bonchev–Trinajstić information content (AvgIpc) is 2.60. The second-order valence-corrected chi connectivity index (χ2v) is 4.22. The van der Waals surface area contributed by atoms with Crippen molar-refractivity contribution in [3.05, 3.63) is 29.3 Å². The largest absolute Gasteiger partial charge is 0.399 e. The Morgan fingerprint density at radius 3 is 3.06 bits per heavy atom. The summed E-state index contributed by atoms with van der Waals surface area (Å²) in [6.07, 6.45) is 2.51. The third-order valence-corrected chi connectivity index (χ3v) is 3.01. The van der Waals surface area contributed by atoms with E-state index in [1.165, 1.54) is 11.1 Å². The number of primary amides is 1. The van der Waals surface area contributed by atoms with Gasteiger partial charge in [0.2, 0.25) is 5.91 Å². The topological polar surface area (TPSA) is 81.1 Å². The molecule has 0 aromatic heterocycles. The van der Waals surface area contributed by atoms with E-state index < -0.39 is 0 Å². The smallest absolute Gasteiger partial charge is 0.218 e. The SMILES string of the molecule is NC(=O)CCNC1CCc2cc(N)ccc21. The number of nitrogens with two attached hydrogens (primary N) is 2. The molecule has 0 bridgehead atoms. The van der Waals surface area contributed by atoms with Crippen molar-refractivity contribution in [2.24, 2.45) is 5.73 Å². The summed E-state index contributed by atoms with van der Waals surface area (Å²) in [5.41, 5.74) is 14.3. The van der Waals surface area contributed by atoms with E-state index in [0.29, 0.717) is 19.0 Å². The number of hydrogen-bond donors (Lipinski definition) is 3. The maximum atomic E-state index is 10.6. The normalized spacial score (nSPS) is 18.4. The van der Waals surface area contributed by atoms with Gasteiger partial charge < -0.3 is 16.8 Å². The fraction of sp³-hybridized carbons (Fsp3) is 0.417. The lowest BCUT2D eigenvalue weighted by Crippen LogP contribution is -2.24. The van der Waals surface area contributed by atoms with E-state index in [1.54, 1.807) is 0 Å². The first-order valence-electron chi connectivity index (χ1n) is 5.57. The number of nitrogen functional groups attached to an aromatic ring is 1. The van der Waals surface area contributed by atoms with E-state index in [9.17, 15) is 4.79 Å². The predicted molar refractivity (Wildman–Crippen MR) is 63.7 cm³/mol. The number of carbonyl (C=O) groups excluding carboxylic acids is 1. The summed E-state index contributed by atoms with van der Waals surface area (Å²) < 4.78 is 0. The lowest BCUT2D eigenvalue weighted by atomic mass is 10.1. The van der Waals surface area contributed by atoms with Crippen LogP contribution in [-0.4, -0.2) is 12.5 Å². The third kappa shape index (κ3) is 2.33. The van der Waals surface area contributed by atoms with Gasteiger partial charge in [-0.1, -0.05) is 6.07 Å². The number of nitrogens with one attached hydrogen (secondary N) is 1. The molecule has 1 unspecified atom stereocenters. The Morgan fingerprint density at radius 2 is 2.31 bits per heavy atom. The molecule has 1 aromatic carbocycles. The van der Waals surface area contributed by atoms with Gasteiger partial charge in [0, 0.05) is 24.7 Å². The zero-order valence-electron chi connectivity index (χ0n) is 9.20. The van der Waals surface area contributed by atoms with Gasteiger partial charge in [-0.3, -0.25) is 4.79 Å². The predicted octanol–water partition coefficient (Wildman–Crippen LogP) is 0.721.